The van der Waals surface area contributed by atoms with Gasteiger partial charge in [-0.1, -0.05) is 19.3 Å². The highest BCUT2D eigenvalue weighted by Crippen LogP contribution is 2.29. The van der Waals surface area contributed by atoms with E-state index < -0.39 is 6.10 Å². The summed E-state index contributed by atoms with van der Waals surface area (Å²) in [6.45, 7) is 3.93. The van der Waals surface area contributed by atoms with Crippen molar-refractivity contribution in [1.29, 1.82) is 0 Å². The van der Waals surface area contributed by atoms with Crippen molar-refractivity contribution in [1.82, 2.24) is 5.32 Å². The number of rotatable bonds is 7. The number of Topliss-reactive ketones (excluding diaryl/α,β-unsaturated/α-hetero) is 1. The van der Waals surface area contributed by atoms with E-state index in [9.17, 15) is 9.59 Å². The molecule has 132 valence electrons. The molecular formula is C19H27NO4. The summed E-state index contributed by atoms with van der Waals surface area (Å²) < 4.78 is 11.0. The van der Waals surface area contributed by atoms with Crippen LogP contribution in [-0.2, 0) is 4.79 Å². The van der Waals surface area contributed by atoms with Gasteiger partial charge in [-0.2, -0.15) is 0 Å². The predicted octanol–water partition coefficient (Wildman–Crippen LogP) is 3.36. The van der Waals surface area contributed by atoms with Crippen LogP contribution in [0.1, 0.15) is 56.3 Å². The zero-order chi connectivity index (χ0) is 17.5. The third kappa shape index (κ3) is 4.98. The molecule has 1 aliphatic carbocycles. The number of ketones is 1. The molecule has 1 atom stereocenters. The molecule has 0 aliphatic heterocycles. The molecule has 24 heavy (non-hydrogen) atoms. The minimum absolute atomic E-state index is 0.0434. The van der Waals surface area contributed by atoms with Gasteiger partial charge >= 0.3 is 0 Å². The number of hydrogen-bond donors (Lipinski definition) is 1. The monoisotopic (exact) mass is 333 g/mol. The standard InChI is InChI=1S/C19H27NO4/c1-13(21)16-9-10-17(18(11-16)23-3)24-14(2)19(22)20-12-15-7-5-4-6-8-15/h9-11,14-15H,4-8,12H2,1-3H3,(H,20,22)/t14-/m0/s1. The lowest BCUT2D eigenvalue weighted by molar-refractivity contribution is -0.127. The number of nitrogens with one attached hydrogen (secondary N) is 1. The van der Waals surface area contributed by atoms with Gasteiger partial charge < -0.3 is 14.8 Å². The van der Waals surface area contributed by atoms with Gasteiger partial charge in [0.15, 0.2) is 23.4 Å². The quantitative estimate of drug-likeness (QED) is 0.777. The van der Waals surface area contributed by atoms with Gasteiger partial charge in [0, 0.05) is 12.1 Å². The van der Waals surface area contributed by atoms with E-state index in [4.69, 9.17) is 9.47 Å². The topological polar surface area (TPSA) is 64.6 Å². The number of carbonyl (C=O) groups excluding carboxylic acids is 2. The molecule has 5 nitrogen and oxygen atoms in total. The fourth-order valence-corrected chi connectivity index (χ4v) is 3.01. The molecule has 1 aliphatic rings. The first-order valence-electron chi connectivity index (χ1n) is 8.64. The second kappa shape index (κ2) is 8.71. The summed E-state index contributed by atoms with van der Waals surface area (Å²) in [7, 11) is 1.51. The van der Waals surface area contributed by atoms with Crippen LogP contribution in [0.4, 0.5) is 0 Å². The summed E-state index contributed by atoms with van der Waals surface area (Å²) in [6.07, 6.45) is 5.58. The average molecular weight is 333 g/mol. The maximum atomic E-state index is 12.2. The minimum atomic E-state index is -0.620. The molecular weight excluding hydrogens is 306 g/mol. The Balaban J connectivity index is 1.91. The Morgan fingerprint density at radius 2 is 1.92 bits per heavy atom. The van der Waals surface area contributed by atoms with Crippen molar-refractivity contribution in [2.45, 2.75) is 52.1 Å². The fourth-order valence-electron chi connectivity index (χ4n) is 3.01. The first kappa shape index (κ1) is 18.3. The van der Waals surface area contributed by atoms with Gasteiger partial charge in [0.2, 0.25) is 0 Å². The van der Waals surface area contributed by atoms with Crippen LogP contribution >= 0.6 is 0 Å². The molecule has 5 heteroatoms. The van der Waals surface area contributed by atoms with Crippen molar-refractivity contribution in [2.24, 2.45) is 5.92 Å². The van der Waals surface area contributed by atoms with Crippen molar-refractivity contribution in [3.63, 3.8) is 0 Å². The highest BCUT2D eigenvalue weighted by molar-refractivity contribution is 5.94. The third-order valence-electron chi connectivity index (χ3n) is 4.53. The summed E-state index contributed by atoms with van der Waals surface area (Å²) in [6, 6.07) is 4.97. The Labute approximate surface area is 143 Å². The summed E-state index contributed by atoms with van der Waals surface area (Å²) in [5.41, 5.74) is 0.550. The van der Waals surface area contributed by atoms with Gasteiger partial charge in [0.1, 0.15) is 0 Å². The highest BCUT2D eigenvalue weighted by Gasteiger charge is 2.20. The lowest BCUT2D eigenvalue weighted by Crippen LogP contribution is -2.39. The second-order valence-corrected chi connectivity index (χ2v) is 6.43. The Bertz CT molecular complexity index is 579. The van der Waals surface area contributed by atoms with Crippen molar-refractivity contribution in [3.8, 4) is 11.5 Å². The first-order chi connectivity index (χ1) is 11.5. The summed E-state index contributed by atoms with van der Waals surface area (Å²) in [5, 5.41) is 2.98. The zero-order valence-corrected chi connectivity index (χ0v) is 14.8. The molecule has 1 aromatic rings. The Hall–Kier alpha value is -2.04. The van der Waals surface area contributed by atoms with E-state index in [0.29, 0.717) is 29.5 Å². The van der Waals surface area contributed by atoms with E-state index >= 15 is 0 Å². The lowest BCUT2D eigenvalue weighted by atomic mass is 9.89. The predicted molar refractivity (Wildman–Crippen MR) is 92.7 cm³/mol. The second-order valence-electron chi connectivity index (χ2n) is 6.43. The Morgan fingerprint density at radius 3 is 2.54 bits per heavy atom. The largest absolute Gasteiger partial charge is 0.493 e. The van der Waals surface area contributed by atoms with Crippen molar-refractivity contribution in [2.75, 3.05) is 13.7 Å². The molecule has 0 radical (unpaired) electrons. The Kier molecular flexibility index (Phi) is 6.64. The van der Waals surface area contributed by atoms with Gasteiger partial charge in [-0.05, 0) is 50.8 Å². The maximum Gasteiger partial charge on any atom is 0.260 e. The van der Waals surface area contributed by atoms with E-state index in [1.807, 2.05) is 0 Å². The van der Waals surface area contributed by atoms with Crippen molar-refractivity contribution in [3.05, 3.63) is 23.8 Å². The van der Waals surface area contributed by atoms with Gasteiger partial charge in [0.25, 0.3) is 5.91 Å². The first-order valence-corrected chi connectivity index (χ1v) is 8.64. The Morgan fingerprint density at radius 1 is 1.21 bits per heavy atom. The van der Waals surface area contributed by atoms with E-state index in [2.05, 4.69) is 5.32 Å². The summed E-state index contributed by atoms with van der Waals surface area (Å²) >= 11 is 0. The van der Waals surface area contributed by atoms with Crippen LogP contribution in [0.3, 0.4) is 0 Å². The smallest absolute Gasteiger partial charge is 0.260 e. The number of hydrogen-bond acceptors (Lipinski definition) is 4. The molecule has 0 unspecified atom stereocenters. The van der Waals surface area contributed by atoms with Gasteiger partial charge in [-0.25, -0.2) is 0 Å². The van der Waals surface area contributed by atoms with Crippen LogP contribution in [0.2, 0.25) is 0 Å². The molecule has 1 saturated carbocycles. The average Bonchev–Trinajstić information content (AvgIpc) is 2.60. The SMILES string of the molecule is COc1cc(C(C)=O)ccc1O[C@@H](C)C(=O)NCC1CCCCC1. The molecule has 1 amide bonds. The molecule has 1 aromatic carbocycles. The number of ether oxygens (including phenoxy) is 2. The molecule has 0 saturated heterocycles. The lowest BCUT2D eigenvalue weighted by Gasteiger charge is -2.23. The van der Waals surface area contributed by atoms with Crippen molar-refractivity contribution >= 4 is 11.7 Å². The van der Waals surface area contributed by atoms with Gasteiger partial charge in [0.05, 0.1) is 7.11 Å². The minimum Gasteiger partial charge on any atom is -0.493 e. The molecule has 0 bridgehead atoms. The van der Waals surface area contributed by atoms with Crippen LogP contribution in [-0.4, -0.2) is 31.4 Å². The van der Waals surface area contributed by atoms with Crippen LogP contribution in [0, 0.1) is 5.92 Å². The molecule has 0 spiro atoms. The molecule has 2 rings (SSSR count). The highest BCUT2D eigenvalue weighted by atomic mass is 16.5. The normalized spacial score (nSPS) is 16.3. The molecule has 1 fully saturated rings. The van der Waals surface area contributed by atoms with Gasteiger partial charge in [-0.3, -0.25) is 9.59 Å². The zero-order valence-electron chi connectivity index (χ0n) is 14.8. The van der Waals surface area contributed by atoms with Crippen LogP contribution < -0.4 is 14.8 Å². The van der Waals surface area contributed by atoms with E-state index in [1.165, 1.54) is 46.1 Å². The van der Waals surface area contributed by atoms with E-state index in [1.54, 1.807) is 25.1 Å². The third-order valence-corrected chi connectivity index (χ3v) is 4.53. The number of methoxy groups -OCH3 is 1. The molecule has 1 N–H and O–H groups in total. The van der Waals surface area contributed by atoms with E-state index in [-0.39, 0.29) is 11.7 Å². The molecule has 0 heterocycles. The fraction of sp³-hybridized carbons (Fsp3) is 0.579. The van der Waals surface area contributed by atoms with Crippen LogP contribution in [0.25, 0.3) is 0 Å². The van der Waals surface area contributed by atoms with Gasteiger partial charge in [-0.15, -0.1) is 0 Å². The number of carbonyl (C=O) groups is 2. The molecule has 0 aromatic heterocycles. The summed E-state index contributed by atoms with van der Waals surface area (Å²) in [4.78, 5) is 23.7. The maximum absolute atomic E-state index is 12.2. The number of benzene rings is 1. The van der Waals surface area contributed by atoms with Crippen LogP contribution in [0.15, 0.2) is 18.2 Å². The van der Waals surface area contributed by atoms with E-state index in [0.717, 1.165) is 0 Å². The van der Waals surface area contributed by atoms with Crippen molar-refractivity contribution < 1.29 is 19.1 Å². The van der Waals surface area contributed by atoms with Crippen LogP contribution in [0.5, 0.6) is 11.5 Å². The number of amides is 1. The summed E-state index contributed by atoms with van der Waals surface area (Å²) in [5.74, 6) is 1.33.